The highest BCUT2D eigenvalue weighted by molar-refractivity contribution is 14.1. The Balaban J connectivity index is 1.92. The van der Waals surface area contributed by atoms with Gasteiger partial charge < -0.3 is 9.84 Å². The van der Waals surface area contributed by atoms with Crippen LogP contribution >= 0.6 is 34.2 Å². The van der Waals surface area contributed by atoms with E-state index in [2.05, 4.69) is 38.0 Å². The third-order valence-corrected chi connectivity index (χ3v) is 3.55. The molecule has 0 aliphatic carbocycles. The molecule has 0 aliphatic rings. The van der Waals surface area contributed by atoms with Crippen LogP contribution in [0.25, 0.3) is 0 Å². The molecule has 0 radical (unpaired) electrons. The van der Waals surface area contributed by atoms with Gasteiger partial charge in [0, 0.05) is 28.5 Å². The maximum Gasteiger partial charge on any atom is 0.252 e. The summed E-state index contributed by atoms with van der Waals surface area (Å²) in [6.45, 7) is 2.17. The van der Waals surface area contributed by atoms with Crippen LogP contribution in [0, 0.1) is 10.5 Å². The van der Waals surface area contributed by atoms with Crippen molar-refractivity contribution in [2.75, 3.05) is 6.54 Å². The molecule has 0 atom stereocenters. The number of carbonyl (C=O) groups excluding carboxylic acids is 1. The van der Waals surface area contributed by atoms with E-state index in [-0.39, 0.29) is 5.91 Å². The van der Waals surface area contributed by atoms with E-state index < -0.39 is 0 Å². The Morgan fingerprint density at radius 3 is 3.00 bits per heavy atom. The minimum absolute atomic E-state index is 0.160. The summed E-state index contributed by atoms with van der Waals surface area (Å²) in [5, 5.41) is 7.10. The summed E-state index contributed by atoms with van der Waals surface area (Å²) in [7, 11) is 0. The van der Waals surface area contributed by atoms with Crippen LogP contribution in [0.4, 0.5) is 0 Å². The maximum atomic E-state index is 12.0. The van der Waals surface area contributed by atoms with Crippen molar-refractivity contribution in [2.24, 2.45) is 0 Å². The number of hydrogen-bond donors (Lipinski definition) is 1. The number of aromatic nitrogens is 2. The molecule has 7 heteroatoms. The van der Waals surface area contributed by atoms with Gasteiger partial charge in [-0.1, -0.05) is 16.8 Å². The van der Waals surface area contributed by atoms with E-state index >= 15 is 0 Å². The fourth-order valence-electron chi connectivity index (χ4n) is 1.50. The molecule has 1 heterocycles. The van der Waals surface area contributed by atoms with Gasteiger partial charge in [0.25, 0.3) is 5.91 Å². The number of halogens is 2. The lowest BCUT2D eigenvalue weighted by atomic mass is 10.2. The summed E-state index contributed by atoms with van der Waals surface area (Å²) in [5.41, 5.74) is 0.567. The number of nitrogens with one attached hydrogen (secondary N) is 1. The highest BCUT2D eigenvalue weighted by atomic mass is 127. The quantitative estimate of drug-likeness (QED) is 0.814. The average molecular weight is 392 g/mol. The van der Waals surface area contributed by atoms with Gasteiger partial charge in [-0.15, -0.1) is 0 Å². The lowest BCUT2D eigenvalue weighted by Crippen LogP contribution is -2.26. The first-order chi connectivity index (χ1) is 9.06. The Kier molecular flexibility index (Phi) is 4.76. The Morgan fingerprint density at radius 2 is 2.32 bits per heavy atom. The van der Waals surface area contributed by atoms with Crippen LogP contribution in [0.3, 0.4) is 0 Å². The van der Waals surface area contributed by atoms with Gasteiger partial charge >= 0.3 is 0 Å². The summed E-state index contributed by atoms with van der Waals surface area (Å²) in [6, 6.07) is 5.21. The molecule has 1 aromatic carbocycles. The van der Waals surface area contributed by atoms with Crippen LogP contribution < -0.4 is 5.32 Å². The van der Waals surface area contributed by atoms with E-state index in [1.165, 1.54) is 0 Å². The second-order valence-corrected chi connectivity index (χ2v) is 5.46. The molecule has 0 saturated carbocycles. The molecule has 1 aromatic heterocycles. The first-order valence-corrected chi connectivity index (χ1v) is 7.04. The van der Waals surface area contributed by atoms with Crippen molar-refractivity contribution in [2.45, 2.75) is 13.3 Å². The summed E-state index contributed by atoms with van der Waals surface area (Å²) < 4.78 is 5.71. The van der Waals surface area contributed by atoms with Crippen molar-refractivity contribution < 1.29 is 9.32 Å². The van der Waals surface area contributed by atoms with Crippen LogP contribution in [-0.4, -0.2) is 22.6 Å². The predicted molar refractivity (Wildman–Crippen MR) is 79.2 cm³/mol. The zero-order valence-corrected chi connectivity index (χ0v) is 13.0. The first-order valence-electron chi connectivity index (χ1n) is 5.58. The van der Waals surface area contributed by atoms with E-state index in [4.69, 9.17) is 16.1 Å². The third kappa shape index (κ3) is 3.90. The Labute approximate surface area is 128 Å². The van der Waals surface area contributed by atoms with Crippen LogP contribution in [-0.2, 0) is 6.42 Å². The molecule has 100 valence electrons. The van der Waals surface area contributed by atoms with Crippen molar-refractivity contribution >= 4 is 40.1 Å². The minimum Gasteiger partial charge on any atom is -0.352 e. The number of benzene rings is 1. The van der Waals surface area contributed by atoms with Gasteiger partial charge in [0.1, 0.15) is 0 Å². The van der Waals surface area contributed by atoms with Gasteiger partial charge in [-0.2, -0.15) is 4.98 Å². The lowest BCUT2D eigenvalue weighted by Gasteiger charge is -2.06. The fourth-order valence-corrected chi connectivity index (χ4v) is 2.25. The van der Waals surface area contributed by atoms with E-state index in [0.717, 1.165) is 3.57 Å². The SMILES string of the molecule is Cc1nc(CCNC(=O)c2cc(Cl)ccc2I)no1. The molecule has 19 heavy (non-hydrogen) atoms. The zero-order chi connectivity index (χ0) is 13.8. The molecule has 2 aromatic rings. The number of amides is 1. The minimum atomic E-state index is -0.160. The molecule has 0 unspecified atom stereocenters. The van der Waals surface area contributed by atoms with Crippen molar-refractivity contribution in [1.82, 2.24) is 15.5 Å². The first kappa shape index (κ1) is 14.3. The second-order valence-electron chi connectivity index (χ2n) is 3.86. The summed E-state index contributed by atoms with van der Waals surface area (Å²) in [4.78, 5) is 16.0. The third-order valence-electron chi connectivity index (χ3n) is 2.38. The highest BCUT2D eigenvalue weighted by Crippen LogP contribution is 2.17. The Morgan fingerprint density at radius 1 is 1.53 bits per heavy atom. The van der Waals surface area contributed by atoms with E-state index in [9.17, 15) is 4.79 Å². The lowest BCUT2D eigenvalue weighted by molar-refractivity contribution is 0.0953. The summed E-state index contributed by atoms with van der Waals surface area (Å²) in [5.74, 6) is 0.941. The van der Waals surface area contributed by atoms with Crippen molar-refractivity contribution in [3.8, 4) is 0 Å². The van der Waals surface area contributed by atoms with Crippen molar-refractivity contribution in [3.05, 3.63) is 44.1 Å². The molecule has 0 saturated heterocycles. The van der Waals surface area contributed by atoms with Crippen LogP contribution in [0.5, 0.6) is 0 Å². The molecule has 1 amide bonds. The van der Waals surface area contributed by atoms with Gasteiger partial charge in [-0.25, -0.2) is 0 Å². The monoisotopic (exact) mass is 391 g/mol. The zero-order valence-electron chi connectivity index (χ0n) is 10.1. The number of nitrogens with zero attached hydrogens (tertiary/aromatic N) is 2. The van der Waals surface area contributed by atoms with E-state index in [0.29, 0.717) is 35.3 Å². The van der Waals surface area contributed by atoms with Gasteiger partial charge in [0.15, 0.2) is 5.82 Å². The maximum absolute atomic E-state index is 12.0. The average Bonchev–Trinajstić information content (AvgIpc) is 2.78. The predicted octanol–water partition coefficient (Wildman–Crippen LogP) is 2.61. The normalized spacial score (nSPS) is 10.5. The number of hydrogen-bond acceptors (Lipinski definition) is 4. The molecule has 0 spiro atoms. The second kappa shape index (κ2) is 6.33. The van der Waals surface area contributed by atoms with Crippen LogP contribution in [0.1, 0.15) is 22.1 Å². The topological polar surface area (TPSA) is 68.0 Å². The molecular weight excluding hydrogens is 381 g/mol. The van der Waals surface area contributed by atoms with Gasteiger partial charge in [0.05, 0.1) is 5.56 Å². The molecule has 2 rings (SSSR count). The van der Waals surface area contributed by atoms with Crippen molar-refractivity contribution in [1.29, 1.82) is 0 Å². The Hall–Kier alpha value is -1.15. The molecule has 0 fully saturated rings. The van der Waals surface area contributed by atoms with Crippen LogP contribution in [0.15, 0.2) is 22.7 Å². The number of carbonyl (C=O) groups is 1. The van der Waals surface area contributed by atoms with Gasteiger partial charge in [-0.3, -0.25) is 4.79 Å². The van der Waals surface area contributed by atoms with E-state index in [1.807, 2.05) is 0 Å². The Bertz CT molecular complexity index is 600. The van der Waals surface area contributed by atoms with Gasteiger partial charge in [0.2, 0.25) is 5.89 Å². The molecule has 0 bridgehead atoms. The molecule has 1 N–H and O–H groups in total. The van der Waals surface area contributed by atoms with Crippen LogP contribution in [0.2, 0.25) is 5.02 Å². The number of rotatable bonds is 4. The summed E-state index contributed by atoms with van der Waals surface area (Å²) in [6.07, 6.45) is 0.528. The smallest absolute Gasteiger partial charge is 0.252 e. The standard InChI is InChI=1S/C12H11ClIN3O2/c1-7-16-11(17-19-7)4-5-15-12(18)9-6-8(13)2-3-10(9)14/h2-3,6H,4-5H2,1H3,(H,15,18). The number of aryl methyl sites for hydroxylation is 1. The van der Waals surface area contributed by atoms with Gasteiger partial charge in [-0.05, 0) is 40.8 Å². The fraction of sp³-hybridized carbons (Fsp3) is 0.250. The highest BCUT2D eigenvalue weighted by Gasteiger charge is 2.10. The molecule has 0 aliphatic heterocycles. The van der Waals surface area contributed by atoms with E-state index in [1.54, 1.807) is 25.1 Å². The summed E-state index contributed by atoms with van der Waals surface area (Å²) >= 11 is 7.98. The largest absolute Gasteiger partial charge is 0.352 e. The van der Waals surface area contributed by atoms with Crippen molar-refractivity contribution in [3.63, 3.8) is 0 Å². The molecule has 5 nitrogen and oxygen atoms in total. The molecular formula is C12H11ClIN3O2.